The maximum atomic E-state index is 13.5. The molecule has 1 fully saturated rings. The highest BCUT2D eigenvalue weighted by Crippen LogP contribution is 2.31. The number of morpholine rings is 1. The van der Waals surface area contributed by atoms with Gasteiger partial charge in [-0.1, -0.05) is 11.6 Å². The number of benzene rings is 2. The van der Waals surface area contributed by atoms with Gasteiger partial charge in [-0.3, -0.25) is 4.90 Å². The van der Waals surface area contributed by atoms with Crippen LogP contribution in [0.2, 0.25) is 5.02 Å². The number of hydrogen-bond acceptors (Lipinski definition) is 7. The number of halogens is 2. The zero-order valence-electron chi connectivity index (χ0n) is 17.0. The molecule has 7 nitrogen and oxygen atoms in total. The Kier molecular flexibility index (Phi) is 7.14. The van der Waals surface area contributed by atoms with Crippen molar-refractivity contribution in [1.29, 1.82) is 0 Å². The molecule has 1 aliphatic heterocycles. The monoisotopic (exact) mass is 446 g/mol. The van der Waals surface area contributed by atoms with E-state index in [-0.39, 0.29) is 11.6 Å². The highest BCUT2D eigenvalue weighted by Gasteiger charge is 2.13. The Hall–Kier alpha value is -2.52. The molecule has 0 radical (unpaired) electrons. The van der Waals surface area contributed by atoms with Crippen LogP contribution in [-0.2, 0) is 11.3 Å². The van der Waals surface area contributed by atoms with Gasteiger partial charge >= 0.3 is 0 Å². The summed E-state index contributed by atoms with van der Waals surface area (Å²) in [7, 11) is 0. The van der Waals surface area contributed by atoms with Gasteiger partial charge in [-0.05, 0) is 36.8 Å². The summed E-state index contributed by atoms with van der Waals surface area (Å²) in [6, 6.07) is 7.98. The van der Waals surface area contributed by atoms with Gasteiger partial charge in [0.15, 0.2) is 0 Å². The Balaban J connectivity index is 1.51. The van der Waals surface area contributed by atoms with E-state index in [1.807, 2.05) is 6.07 Å². The van der Waals surface area contributed by atoms with Crippen molar-refractivity contribution in [3.8, 4) is 5.75 Å². The Labute approximate surface area is 184 Å². The normalized spacial score (nSPS) is 14.7. The number of nitrogens with zero attached hydrogens (tertiary/aromatic N) is 3. The standard InChI is InChI=1S/C22H24ClFN4O3/c23-18-11-16(2-3-19(18)24)27-22-17-12-21(15(13-29)10-20(17)25-14-26-22)31-7-1-4-28-5-8-30-9-6-28/h2-3,10-12,14,29H,1,4-9,13H2,(H,25,26,27). The van der Waals surface area contributed by atoms with Crippen molar-refractivity contribution < 1.29 is 19.0 Å². The summed E-state index contributed by atoms with van der Waals surface area (Å²) in [5, 5.41) is 13.7. The zero-order chi connectivity index (χ0) is 21.6. The number of rotatable bonds is 8. The smallest absolute Gasteiger partial charge is 0.141 e. The quantitative estimate of drug-likeness (QED) is 0.510. The Bertz CT molecular complexity index is 1050. The molecule has 2 heterocycles. The van der Waals surface area contributed by atoms with Crippen LogP contribution in [0.5, 0.6) is 5.75 Å². The molecular weight excluding hydrogens is 423 g/mol. The third-order valence-corrected chi connectivity index (χ3v) is 5.44. The van der Waals surface area contributed by atoms with Gasteiger partial charge < -0.3 is 19.9 Å². The van der Waals surface area contributed by atoms with E-state index in [0.29, 0.717) is 34.9 Å². The van der Waals surface area contributed by atoms with Gasteiger partial charge in [0.2, 0.25) is 0 Å². The average molecular weight is 447 g/mol. The van der Waals surface area contributed by atoms with Gasteiger partial charge in [-0.15, -0.1) is 0 Å². The highest BCUT2D eigenvalue weighted by molar-refractivity contribution is 6.31. The summed E-state index contributed by atoms with van der Waals surface area (Å²) in [6.07, 6.45) is 2.30. The number of aliphatic hydroxyl groups excluding tert-OH is 1. The lowest BCUT2D eigenvalue weighted by Crippen LogP contribution is -2.37. The molecule has 0 unspecified atom stereocenters. The lowest BCUT2D eigenvalue weighted by molar-refractivity contribution is 0.0357. The molecule has 9 heteroatoms. The second-order valence-corrected chi connectivity index (χ2v) is 7.67. The van der Waals surface area contributed by atoms with Crippen molar-refractivity contribution in [3.05, 3.63) is 53.1 Å². The van der Waals surface area contributed by atoms with Crippen LogP contribution in [0.3, 0.4) is 0 Å². The first-order valence-electron chi connectivity index (χ1n) is 10.2. The maximum absolute atomic E-state index is 13.5. The fourth-order valence-corrected chi connectivity index (χ4v) is 3.67. The molecule has 1 aliphatic rings. The van der Waals surface area contributed by atoms with E-state index in [2.05, 4.69) is 20.2 Å². The third kappa shape index (κ3) is 5.40. The Morgan fingerprint density at radius 2 is 2.03 bits per heavy atom. The van der Waals surface area contributed by atoms with Gasteiger partial charge in [0, 0.05) is 36.3 Å². The molecule has 0 saturated carbocycles. The SMILES string of the molecule is OCc1cc2ncnc(Nc3ccc(F)c(Cl)c3)c2cc1OCCCN1CCOCC1. The summed E-state index contributed by atoms with van der Waals surface area (Å²) in [6.45, 7) is 4.74. The molecule has 2 aromatic carbocycles. The molecule has 0 spiro atoms. The van der Waals surface area contributed by atoms with E-state index in [9.17, 15) is 9.50 Å². The number of ether oxygens (including phenoxy) is 2. The first kappa shape index (κ1) is 21.7. The minimum atomic E-state index is -0.486. The summed E-state index contributed by atoms with van der Waals surface area (Å²) < 4.78 is 24.8. The fourth-order valence-electron chi connectivity index (χ4n) is 3.49. The van der Waals surface area contributed by atoms with Crippen molar-refractivity contribution in [3.63, 3.8) is 0 Å². The van der Waals surface area contributed by atoms with Crippen LogP contribution >= 0.6 is 11.6 Å². The van der Waals surface area contributed by atoms with Crippen molar-refractivity contribution in [1.82, 2.24) is 14.9 Å². The Morgan fingerprint density at radius 3 is 2.81 bits per heavy atom. The van der Waals surface area contributed by atoms with E-state index < -0.39 is 5.82 Å². The second kappa shape index (κ2) is 10.2. The van der Waals surface area contributed by atoms with Crippen molar-refractivity contribution in [2.75, 3.05) is 44.8 Å². The molecule has 164 valence electrons. The predicted molar refractivity (Wildman–Crippen MR) is 118 cm³/mol. The summed E-state index contributed by atoms with van der Waals surface area (Å²) in [5.74, 6) is 0.641. The minimum absolute atomic E-state index is 0.0234. The minimum Gasteiger partial charge on any atom is -0.493 e. The zero-order valence-corrected chi connectivity index (χ0v) is 17.7. The molecule has 1 saturated heterocycles. The lowest BCUT2D eigenvalue weighted by Gasteiger charge is -2.26. The van der Waals surface area contributed by atoms with Gasteiger partial charge in [-0.2, -0.15) is 0 Å². The molecule has 4 rings (SSSR count). The predicted octanol–water partition coefficient (Wildman–Crippen LogP) is 3.76. The van der Waals surface area contributed by atoms with Crippen LogP contribution in [0.15, 0.2) is 36.7 Å². The topological polar surface area (TPSA) is 79.7 Å². The number of hydrogen-bond donors (Lipinski definition) is 2. The van der Waals surface area contributed by atoms with Crippen LogP contribution in [0.25, 0.3) is 10.9 Å². The lowest BCUT2D eigenvalue weighted by atomic mass is 10.1. The fraction of sp³-hybridized carbons (Fsp3) is 0.364. The van der Waals surface area contributed by atoms with Crippen molar-refractivity contribution >= 4 is 34.0 Å². The third-order valence-electron chi connectivity index (χ3n) is 5.15. The summed E-state index contributed by atoms with van der Waals surface area (Å²) in [4.78, 5) is 11.0. The maximum Gasteiger partial charge on any atom is 0.141 e. The van der Waals surface area contributed by atoms with E-state index in [0.717, 1.165) is 44.7 Å². The van der Waals surface area contributed by atoms with E-state index in [1.165, 1.54) is 18.5 Å². The number of aliphatic hydroxyl groups is 1. The molecule has 31 heavy (non-hydrogen) atoms. The van der Waals surface area contributed by atoms with Crippen LogP contribution < -0.4 is 10.1 Å². The highest BCUT2D eigenvalue weighted by atomic mass is 35.5. The van der Waals surface area contributed by atoms with Crippen LogP contribution in [0, 0.1) is 5.82 Å². The first-order chi connectivity index (χ1) is 15.1. The molecule has 3 aromatic rings. The molecular formula is C22H24ClFN4O3. The van der Waals surface area contributed by atoms with Gasteiger partial charge in [0.1, 0.15) is 23.7 Å². The molecule has 0 bridgehead atoms. The number of fused-ring (bicyclic) bond motifs is 1. The van der Waals surface area contributed by atoms with Gasteiger partial charge in [-0.25, -0.2) is 14.4 Å². The molecule has 0 atom stereocenters. The van der Waals surface area contributed by atoms with Gasteiger partial charge in [0.05, 0.1) is 37.0 Å². The average Bonchev–Trinajstić information content (AvgIpc) is 2.79. The second-order valence-electron chi connectivity index (χ2n) is 7.27. The van der Waals surface area contributed by atoms with Crippen molar-refractivity contribution in [2.45, 2.75) is 13.0 Å². The van der Waals surface area contributed by atoms with Crippen LogP contribution in [-0.4, -0.2) is 59.4 Å². The molecule has 0 amide bonds. The number of anilines is 2. The van der Waals surface area contributed by atoms with E-state index in [4.69, 9.17) is 21.1 Å². The van der Waals surface area contributed by atoms with E-state index >= 15 is 0 Å². The number of aromatic nitrogens is 2. The summed E-state index contributed by atoms with van der Waals surface area (Å²) in [5.41, 5.74) is 1.93. The van der Waals surface area contributed by atoms with Gasteiger partial charge in [0.25, 0.3) is 0 Å². The molecule has 0 aliphatic carbocycles. The molecule has 2 N–H and O–H groups in total. The largest absolute Gasteiger partial charge is 0.493 e. The van der Waals surface area contributed by atoms with Crippen LogP contribution in [0.1, 0.15) is 12.0 Å². The van der Waals surface area contributed by atoms with Crippen molar-refractivity contribution in [2.24, 2.45) is 0 Å². The summed E-state index contributed by atoms with van der Waals surface area (Å²) >= 11 is 5.88. The molecule has 1 aromatic heterocycles. The van der Waals surface area contributed by atoms with Crippen LogP contribution in [0.4, 0.5) is 15.9 Å². The first-order valence-corrected chi connectivity index (χ1v) is 10.6. The number of nitrogens with one attached hydrogen (secondary N) is 1. The van der Waals surface area contributed by atoms with E-state index in [1.54, 1.807) is 12.1 Å². The Morgan fingerprint density at radius 1 is 1.19 bits per heavy atom.